The van der Waals surface area contributed by atoms with E-state index in [1.165, 1.54) is 34.8 Å². The highest BCUT2D eigenvalue weighted by atomic mass is 79.9. The standard InChI is InChI=1S/C41H50BrCl2N6O11P/c1-5-57-62(56,58-6-2)61-38-8-7-9-45-36(38)13-27(52)19-49-21-47-34-12-26(32(43)15-29(34)40(49)54)10-25-11-39(60-24(4)59-23(3)51)37(46-18-25)14-28(53)20-50-22-48-35-17-31(42)33(44)16-30(35)41(50)55/h12,15-17,21-22,24-25,36-39,45-46H,5-11,13-14,18-20H2,1-4H3. The van der Waals surface area contributed by atoms with Crippen LogP contribution in [0.2, 0.25) is 10.0 Å². The van der Waals surface area contributed by atoms with Crippen LogP contribution in [-0.2, 0) is 61.5 Å². The number of carbonyl (C=O) groups is 3. The van der Waals surface area contributed by atoms with Crippen molar-refractivity contribution in [2.45, 2.75) is 110 Å². The second-order valence-corrected chi connectivity index (χ2v) is 18.7. The minimum absolute atomic E-state index is 0.0119. The molecule has 2 aliphatic rings. The van der Waals surface area contributed by atoms with E-state index in [2.05, 4.69) is 36.5 Å². The number of esters is 1. The summed E-state index contributed by atoms with van der Waals surface area (Å²) in [5, 5.41) is 7.91. The normalized spacial score (nSPS) is 21.2. The number of nitrogens with zero attached hydrogens (tertiary/aromatic N) is 4. The first-order valence-corrected chi connectivity index (χ1v) is 23.5. The summed E-state index contributed by atoms with van der Waals surface area (Å²) < 4.78 is 44.0. The molecule has 2 aromatic heterocycles. The van der Waals surface area contributed by atoms with Crippen LogP contribution in [0, 0.1) is 5.92 Å². The molecule has 2 fully saturated rings. The Labute approximate surface area is 376 Å². The van der Waals surface area contributed by atoms with Gasteiger partial charge in [0.1, 0.15) is 0 Å². The number of ketones is 2. The van der Waals surface area contributed by atoms with Crippen LogP contribution in [-0.4, -0.2) is 93.5 Å². The van der Waals surface area contributed by atoms with E-state index >= 15 is 0 Å². The number of aromatic nitrogens is 4. The van der Waals surface area contributed by atoms with Gasteiger partial charge in [-0.25, -0.2) is 14.5 Å². The molecule has 0 radical (unpaired) electrons. The summed E-state index contributed by atoms with van der Waals surface area (Å²) in [6.45, 7) is 7.18. The van der Waals surface area contributed by atoms with Gasteiger partial charge in [0, 0.05) is 41.3 Å². The minimum atomic E-state index is -3.82. The van der Waals surface area contributed by atoms with Crippen LogP contribution >= 0.6 is 47.0 Å². The smallest absolute Gasteiger partial charge is 0.436 e. The molecule has 4 heterocycles. The molecule has 0 aliphatic carbocycles. The molecule has 17 nitrogen and oxygen atoms in total. The maximum atomic E-state index is 13.7. The average molecular weight is 985 g/mol. The molecular formula is C41H50BrCl2N6O11P. The molecule has 0 saturated carbocycles. The predicted octanol–water partition coefficient (Wildman–Crippen LogP) is 5.93. The van der Waals surface area contributed by atoms with Crippen molar-refractivity contribution >= 4 is 86.3 Å². The summed E-state index contributed by atoms with van der Waals surface area (Å²) in [4.78, 5) is 74.2. The first kappa shape index (κ1) is 48.0. The maximum absolute atomic E-state index is 13.7. The molecule has 336 valence electrons. The fraction of sp³-hybridized carbons (Fsp3) is 0.537. The lowest BCUT2D eigenvalue weighted by Gasteiger charge is -2.38. The lowest BCUT2D eigenvalue weighted by atomic mass is 9.85. The third-order valence-electron chi connectivity index (χ3n) is 10.7. The van der Waals surface area contributed by atoms with Crippen molar-refractivity contribution in [2.24, 2.45) is 5.92 Å². The number of fused-ring (bicyclic) bond motifs is 2. The number of hydrogen-bond acceptors (Lipinski definition) is 15. The molecule has 6 atom stereocenters. The van der Waals surface area contributed by atoms with Gasteiger partial charge in [-0.3, -0.25) is 46.7 Å². The summed E-state index contributed by atoms with van der Waals surface area (Å²) in [6, 6.07) is 5.52. The Kier molecular flexibility index (Phi) is 16.7. The Morgan fingerprint density at radius 2 is 1.47 bits per heavy atom. The van der Waals surface area contributed by atoms with Crippen molar-refractivity contribution < 1.29 is 42.0 Å². The van der Waals surface area contributed by atoms with Crippen molar-refractivity contribution in [1.29, 1.82) is 0 Å². The fourth-order valence-corrected chi connectivity index (χ4v) is 10.1. The van der Waals surface area contributed by atoms with Gasteiger partial charge < -0.3 is 20.1 Å². The van der Waals surface area contributed by atoms with Crippen molar-refractivity contribution in [3.63, 3.8) is 0 Å². The van der Waals surface area contributed by atoms with Crippen LogP contribution in [0.4, 0.5) is 0 Å². The largest absolute Gasteiger partial charge is 0.475 e. The van der Waals surface area contributed by atoms with Crippen LogP contribution in [0.5, 0.6) is 0 Å². The van der Waals surface area contributed by atoms with Gasteiger partial charge in [-0.15, -0.1) is 0 Å². The molecule has 2 saturated heterocycles. The number of rotatable bonds is 19. The Balaban J connectivity index is 1.11. The molecule has 6 unspecified atom stereocenters. The van der Waals surface area contributed by atoms with Crippen LogP contribution in [0.15, 0.2) is 51.0 Å². The fourth-order valence-electron chi connectivity index (χ4n) is 7.94. The molecular weight excluding hydrogens is 934 g/mol. The number of phosphoric acid groups is 1. The number of benzene rings is 2. The quantitative estimate of drug-likeness (QED) is 0.0635. The van der Waals surface area contributed by atoms with E-state index in [4.69, 9.17) is 46.2 Å². The van der Waals surface area contributed by atoms with Crippen molar-refractivity contribution in [1.82, 2.24) is 29.7 Å². The van der Waals surface area contributed by atoms with E-state index in [1.54, 1.807) is 39.0 Å². The number of phosphoric ester groups is 1. The first-order chi connectivity index (χ1) is 29.6. The van der Waals surface area contributed by atoms with Gasteiger partial charge in [-0.1, -0.05) is 23.2 Å². The van der Waals surface area contributed by atoms with Crippen molar-refractivity contribution in [3.05, 3.63) is 77.7 Å². The van der Waals surface area contributed by atoms with E-state index in [0.29, 0.717) is 57.9 Å². The van der Waals surface area contributed by atoms with Crippen LogP contribution in [0.1, 0.15) is 65.4 Å². The van der Waals surface area contributed by atoms with Gasteiger partial charge >= 0.3 is 13.8 Å². The molecule has 2 aromatic carbocycles. The molecule has 0 amide bonds. The molecule has 2 aliphatic heterocycles. The molecule has 0 bridgehead atoms. The Bertz CT molecular complexity index is 2460. The Hall–Kier alpha value is -3.42. The summed E-state index contributed by atoms with van der Waals surface area (Å²) in [7, 11) is -3.82. The molecule has 62 heavy (non-hydrogen) atoms. The maximum Gasteiger partial charge on any atom is 0.475 e. The number of ether oxygens (including phenoxy) is 2. The van der Waals surface area contributed by atoms with Gasteiger partial charge in [0.2, 0.25) is 0 Å². The third-order valence-corrected chi connectivity index (χ3v) is 13.9. The minimum Gasteiger partial charge on any atom is -0.436 e. The zero-order chi connectivity index (χ0) is 44.7. The molecule has 0 spiro atoms. The molecule has 2 N–H and O–H groups in total. The molecule has 21 heteroatoms. The van der Waals surface area contributed by atoms with E-state index < -0.39 is 55.5 Å². The monoisotopic (exact) mass is 982 g/mol. The Morgan fingerprint density at radius 3 is 2.06 bits per heavy atom. The van der Waals surface area contributed by atoms with E-state index in [-0.39, 0.29) is 67.4 Å². The van der Waals surface area contributed by atoms with Crippen molar-refractivity contribution in [3.8, 4) is 0 Å². The Morgan fingerprint density at radius 1 is 0.887 bits per heavy atom. The first-order valence-electron chi connectivity index (χ1n) is 20.5. The zero-order valence-corrected chi connectivity index (χ0v) is 38.8. The van der Waals surface area contributed by atoms with E-state index in [1.807, 2.05) is 0 Å². The summed E-state index contributed by atoms with van der Waals surface area (Å²) in [5.74, 6) is -1.08. The third kappa shape index (κ3) is 12.2. The lowest BCUT2D eigenvalue weighted by Crippen LogP contribution is -2.52. The number of carbonyl (C=O) groups excluding carboxylic acids is 3. The summed E-state index contributed by atoms with van der Waals surface area (Å²) in [6.07, 6.45) is 2.85. The zero-order valence-electron chi connectivity index (χ0n) is 34.8. The molecule has 4 aromatic rings. The van der Waals surface area contributed by atoms with Gasteiger partial charge in [-0.05, 0) is 111 Å². The predicted molar refractivity (Wildman–Crippen MR) is 235 cm³/mol. The van der Waals surface area contributed by atoms with Crippen LogP contribution < -0.4 is 21.8 Å². The average Bonchev–Trinajstić information content (AvgIpc) is 3.20. The topological polar surface area (TPSA) is 208 Å². The van der Waals surface area contributed by atoms with Gasteiger partial charge in [0.15, 0.2) is 17.9 Å². The van der Waals surface area contributed by atoms with E-state index in [9.17, 15) is 28.5 Å². The van der Waals surface area contributed by atoms with Crippen LogP contribution in [0.3, 0.4) is 0 Å². The highest BCUT2D eigenvalue weighted by Crippen LogP contribution is 2.51. The highest BCUT2D eigenvalue weighted by molar-refractivity contribution is 9.10. The van der Waals surface area contributed by atoms with Crippen molar-refractivity contribution in [2.75, 3.05) is 26.3 Å². The number of hydrogen-bond donors (Lipinski definition) is 2. The lowest BCUT2D eigenvalue weighted by molar-refractivity contribution is -0.190. The van der Waals surface area contributed by atoms with Crippen LogP contribution in [0.25, 0.3) is 21.8 Å². The van der Waals surface area contributed by atoms with Gasteiger partial charge in [0.25, 0.3) is 11.1 Å². The van der Waals surface area contributed by atoms with Gasteiger partial charge in [0.05, 0.1) is 78.0 Å². The number of Topliss-reactive ketones (excluding diaryl/α,β-unsaturated/α-hetero) is 2. The second kappa shape index (κ2) is 21.5. The van der Waals surface area contributed by atoms with Gasteiger partial charge in [-0.2, -0.15) is 0 Å². The summed E-state index contributed by atoms with van der Waals surface area (Å²) in [5.41, 5.74) is 0.740. The number of piperidine rings is 2. The highest BCUT2D eigenvalue weighted by Gasteiger charge is 2.37. The molecule has 6 rings (SSSR count). The number of nitrogens with one attached hydrogen (secondary N) is 2. The summed E-state index contributed by atoms with van der Waals surface area (Å²) >= 11 is 16.4. The van der Waals surface area contributed by atoms with E-state index in [0.717, 1.165) is 12.0 Å². The SMILES string of the molecule is CCOP(=O)(OCC)OC1CCCNC1CC(=O)Cn1cnc2cc(CC3CNC(CC(=O)Cn4cnc5cc(Br)c(Cl)cc5c4=O)C(OC(C)OC(C)=O)C3)c(Cl)cc2c1=O. The number of halogens is 3. The second-order valence-electron chi connectivity index (χ2n) is 15.4.